The van der Waals surface area contributed by atoms with Crippen LogP contribution in [0.4, 0.5) is 0 Å². The summed E-state index contributed by atoms with van der Waals surface area (Å²) in [7, 11) is 0. The fraction of sp³-hybridized carbons (Fsp3) is 0.909. The van der Waals surface area contributed by atoms with E-state index in [0.717, 1.165) is 13.0 Å². The molecule has 0 bridgehead atoms. The molecule has 4 nitrogen and oxygen atoms in total. The zero-order valence-corrected chi connectivity index (χ0v) is 11.0. The number of hydrogen-bond acceptors (Lipinski definition) is 4. The van der Waals surface area contributed by atoms with E-state index in [-0.39, 0.29) is 5.41 Å². The van der Waals surface area contributed by atoms with Gasteiger partial charge in [0.25, 0.3) is 0 Å². The summed E-state index contributed by atoms with van der Waals surface area (Å²) in [5.74, 6) is 2.84. The van der Waals surface area contributed by atoms with Crippen molar-refractivity contribution in [2.75, 3.05) is 18.1 Å². The minimum atomic E-state index is -0.231. The molecule has 16 heavy (non-hydrogen) atoms. The highest BCUT2D eigenvalue weighted by atomic mass is 32.2. The third kappa shape index (κ3) is 4.22. The number of oxime groups is 1. The van der Waals surface area contributed by atoms with Crippen molar-refractivity contribution in [2.45, 2.75) is 39.2 Å². The second-order valence-corrected chi connectivity index (χ2v) is 6.18. The lowest BCUT2D eigenvalue weighted by Crippen LogP contribution is -2.38. The van der Waals surface area contributed by atoms with Crippen molar-refractivity contribution in [3.05, 3.63) is 0 Å². The molecule has 0 atom stereocenters. The molecule has 0 unspecified atom stereocenters. The average molecular weight is 245 g/mol. The van der Waals surface area contributed by atoms with Crippen molar-refractivity contribution >= 4 is 17.6 Å². The molecular formula is C11H23N3OS. The van der Waals surface area contributed by atoms with Crippen molar-refractivity contribution in [2.24, 2.45) is 16.3 Å². The average Bonchev–Trinajstić information content (AvgIpc) is 2.29. The number of amidine groups is 1. The molecule has 94 valence electrons. The zero-order valence-electron chi connectivity index (χ0n) is 10.2. The second kappa shape index (κ2) is 6.35. The maximum atomic E-state index is 8.66. The fourth-order valence-electron chi connectivity index (χ4n) is 1.75. The largest absolute Gasteiger partial charge is 0.409 e. The Morgan fingerprint density at radius 1 is 1.50 bits per heavy atom. The van der Waals surface area contributed by atoms with E-state index in [1.165, 1.54) is 24.3 Å². The van der Waals surface area contributed by atoms with Crippen LogP contribution in [0.5, 0.6) is 0 Å². The number of nitrogens with one attached hydrogen (secondary N) is 1. The second-order valence-electron chi connectivity index (χ2n) is 4.96. The molecule has 0 spiro atoms. The van der Waals surface area contributed by atoms with Gasteiger partial charge in [-0.15, -0.1) is 0 Å². The first kappa shape index (κ1) is 13.6. The molecule has 0 aromatic carbocycles. The minimum Gasteiger partial charge on any atom is -0.409 e. The molecular weight excluding hydrogens is 222 g/mol. The van der Waals surface area contributed by atoms with Crippen molar-refractivity contribution in [3.63, 3.8) is 0 Å². The van der Waals surface area contributed by atoms with E-state index in [1.807, 2.05) is 25.6 Å². The number of hydrogen-bond donors (Lipinski definition) is 3. The molecule has 0 saturated carbocycles. The van der Waals surface area contributed by atoms with Crippen molar-refractivity contribution in [3.8, 4) is 0 Å². The van der Waals surface area contributed by atoms with E-state index in [9.17, 15) is 0 Å². The van der Waals surface area contributed by atoms with Crippen LogP contribution in [0.1, 0.15) is 33.1 Å². The van der Waals surface area contributed by atoms with Gasteiger partial charge in [0.1, 0.15) is 5.84 Å². The smallest absolute Gasteiger partial charge is 0.144 e. The Labute approximate surface area is 102 Å². The van der Waals surface area contributed by atoms with E-state index >= 15 is 0 Å². The van der Waals surface area contributed by atoms with Gasteiger partial charge in [0.15, 0.2) is 0 Å². The summed E-state index contributed by atoms with van der Waals surface area (Å²) >= 11 is 2.03. The van der Waals surface area contributed by atoms with Crippen LogP contribution in [0.2, 0.25) is 0 Å². The molecule has 1 aliphatic rings. The molecule has 0 radical (unpaired) electrons. The molecule has 1 rings (SSSR count). The van der Waals surface area contributed by atoms with Crippen LogP contribution in [-0.4, -0.2) is 35.1 Å². The highest BCUT2D eigenvalue weighted by Gasteiger charge is 2.23. The summed E-state index contributed by atoms with van der Waals surface area (Å²) in [5.41, 5.74) is 5.41. The minimum absolute atomic E-state index is 0.231. The molecule has 0 aliphatic carbocycles. The zero-order chi connectivity index (χ0) is 12.0. The molecule has 0 aromatic heterocycles. The van der Waals surface area contributed by atoms with Gasteiger partial charge in [-0.3, -0.25) is 0 Å². The van der Waals surface area contributed by atoms with Crippen molar-refractivity contribution in [1.29, 1.82) is 0 Å². The quantitative estimate of drug-likeness (QED) is 0.298. The topological polar surface area (TPSA) is 70.6 Å². The van der Waals surface area contributed by atoms with E-state index in [0.29, 0.717) is 11.9 Å². The maximum Gasteiger partial charge on any atom is 0.144 e. The normalized spacial score (nSPS) is 20.0. The molecule has 1 fully saturated rings. The Hall–Kier alpha value is -0.420. The predicted octanol–water partition coefficient (Wildman–Crippen LogP) is 1.63. The van der Waals surface area contributed by atoms with Crippen LogP contribution in [0.25, 0.3) is 0 Å². The van der Waals surface area contributed by atoms with Gasteiger partial charge in [0.05, 0.1) is 0 Å². The fourth-order valence-corrected chi connectivity index (χ4v) is 2.86. The van der Waals surface area contributed by atoms with Crippen LogP contribution in [-0.2, 0) is 0 Å². The lowest BCUT2D eigenvalue weighted by Gasteiger charge is -2.26. The van der Waals surface area contributed by atoms with Gasteiger partial charge in [-0.2, -0.15) is 11.8 Å². The molecule has 4 N–H and O–H groups in total. The van der Waals surface area contributed by atoms with Gasteiger partial charge in [0, 0.05) is 11.5 Å². The Kier molecular flexibility index (Phi) is 5.41. The van der Waals surface area contributed by atoms with Gasteiger partial charge < -0.3 is 16.3 Å². The van der Waals surface area contributed by atoms with Gasteiger partial charge in [-0.05, 0) is 37.3 Å². The SMILES string of the molecule is CC(C)(CCNC1CCSCC1)C(N)=NO. The van der Waals surface area contributed by atoms with Crippen molar-refractivity contribution in [1.82, 2.24) is 5.32 Å². The Morgan fingerprint density at radius 2 is 2.12 bits per heavy atom. The molecule has 0 aromatic rings. The molecule has 1 saturated heterocycles. The van der Waals surface area contributed by atoms with Crippen molar-refractivity contribution < 1.29 is 5.21 Å². The van der Waals surface area contributed by atoms with Gasteiger partial charge in [-0.1, -0.05) is 19.0 Å². The molecule has 0 amide bonds. The summed E-state index contributed by atoms with van der Waals surface area (Å²) in [5, 5.41) is 15.3. The first-order chi connectivity index (χ1) is 7.56. The first-order valence-corrected chi connectivity index (χ1v) is 7.01. The van der Waals surface area contributed by atoms with Crippen LogP contribution >= 0.6 is 11.8 Å². The molecule has 1 heterocycles. The van der Waals surface area contributed by atoms with E-state index in [1.54, 1.807) is 0 Å². The summed E-state index contributed by atoms with van der Waals surface area (Å²) in [6.07, 6.45) is 3.41. The van der Waals surface area contributed by atoms with Crippen LogP contribution in [0.3, 0.4) is 0 Å². The standard InChI is InChI=1S/C11H23N3OS/c1-11(2,10(12)14-15)5-6-13-9-3-7-16-8-4-9/h9,13,15H,3-8H2,1-2H3,(H2,12,14). The van der Waals surface area contributed by atoms with Crippen LogP contribution < -0.4 is 11.1 Å². The Balaban J connectivity index is 2.23. The number of nitrogens with two attached hydrogens (primary N) is 1. The lowest BCUT2D eigenvalue weighted by atomic mass is 9.88. The van der Waals surface area contributed by atoms with E-state index < -0.39 is 0 Å². The highest BCUT2D eigenvalue weighted by Crippen LogP contribution is 2.21. The maximum absolute atomic E-state index is 8.66. The van der Waals surface area contributed by atoms with E-state index in [2.05, 4.69) is 10.5 Å². The van der Waals surface area contributed by atoms with Gasteiger partial charge >= 0.3 is 0 Å². The Bertz CT molecular complexity index is 237. The van der Waals surface area contributed by atoms with Crippen LogP contribution in [0, 0.1) is 5.41 Å². The third-order valence-corrected chi connectivity index (χ3v) is 4.25. The molecule has 1 aliphatic heterocycles. The number of thioether (sulfide) groups is 1. The van der Waals surface area contributed by atoms with Crippen LogP contribution in [0.15, 0.2) is 5.16 Å². The highest BCUT2D eigenvalue weighted by molar-refractivity contribution is 7.99. The number of rotatable bonds is 5. The molecule has 5 heteroatoms. The third-order valence-electron chi connectivity index (χ3n) is 3.21. The lowest BCUT2D eigenvalue weighted by molar-refractivity contribution is 0.304. The van der Waals surface area contributed by atoms with E-state index in [4.69, 9.17) is 10.9 Å². The van der Waals surface area contributed by atoms with Gasteiger partial charge in [-0.25, -0.2) is 0 Å². The predicted molar refractivity (Wildman–Crippen MR) is 70.2 cm³/mol. The summed E-state index contributed by atoms with van der Waals surface area (Å²) in [6, 6.07) is 0.657. The number of nitrogens with zero attached hydrogens (tertiary/aromatic N) is 1. The Morgan fingerprint density at radius 3 is 2.69 bits per heavy atom. The van der Waals surface area contributed by atoms with Gasteiger partial charge in [0.2, 0.25) is 0 Å². The first-order valence-electron chi connectivity index (χ1n) is 5.85. The monoisotopic (exact) mass is 245 g/mol. The summed E-state index contributed by atoms with van der Waals surface area (Å²) in [4.78, 5) is 0. The summed E-state index contributed by atoms with van der Waals surface area (Å²) < 4.78 is 0. The summed E-state index contributed by atoms with van der Waals surface area (Å²) in [6.45, 7) is 4.93.